The van der Waals surface area contributed by atoms with E-state index >= 15 is 0 Å². The minimum atomic E-state index is -0.448. The number of esters is 1. The monoisotopic (exact) mass is 298 g/mol. The lowest BCUT2D eigenvalue weighted by Gasteiger charge is -2.16. The summed E-state index contributed by atoms with van der Waals surface area (Å²) in [4.78, 5) is 16.0. The van der Waals surface area contributed by atoms with Crippen LogP contribution in [0.5, 0.6) is 0 Å². The number of nitrogens with one attached hydrogen (secondary N) is 1. The smallest absolute Gasteiger partial charge is 0.323 e. The standard InChI is InChI=1S/C16H18N4O2/c1-20-11-18-10-14(20)7-15(16(21)22-2)19-9-13-5-3-12(8-17)4-6-13/h3-6,10-11,15,19H,7,9H2,1-2H3/t15-/m1/s1. The van der Waals surface area contributed by atoms with Gasteiger partial charge in [-0.1, -0.05) is 12.1 Å². The summed E-state index contributed by atoms with van der Waals surface area (Å²) in [5.74, 6) is -0.310. The van der Waals surface area contributed by atoms with Crippen LogP contribution in [-0.2, 0) is 29.5 Å². The SMILES string of the molecule is COC(=O)[C@@H](Cc1cncn1C)NCc1ccc(C#N)cc1. The molecule has 22 heavy (non-hydrogen) atoms. The first-order chi connectivity index (χ1) is 10.6. The Hall–Kier alpha value is -2.65. The van der Waals surface area contributed by atoms with E-state index < -0.39 is 6.04 Å². The fraction of sp³-hybridized carbons (Fsp3) is 0.312. The van der Waals surface area contributed by atoms with E-state index in [9.17, 15) is 4.79 Å². The molecule has 1 aromatic carbocycles. The Labute approximate surface area is 129 Å². The molecular weight excluding hydrogens is 280 g/mol. The lowest BCUT2D eigenvalue weighted by Crippen LogP contribution is -2.39. The summed E-state index contributed by atoms with van der Waals surface area (Å²) in [6.45, 7) is 0.517. The van der Waals surface area contributed by atoms with Gasteiger partial charge in [0.1, 0.15) is 6.04 Å². The number of nitriles is 1. The Kier molecular flexibility index (Phi) is 5.28. The predicted octanol–water partition coefficient (Wildman–Crippen LogP) is 1.17. The van der Waals surface area contributed by atoms with E-state index in [1.165, 1.54) is 7.11 Å². The van der Waals surface area contributed by atoms with E-state index in [-0.39, 0.29) is 5.97 Å². The summed E-state index contributed by atoms with van der Waals surface area (Å²) in [5.41, 5.74) is 2.56. The Bertz CT molecular complexity index is 670. The highest BCUT2D eigenvalue weighted by molar-refractivity contribution is 5.76. The van der Waals surface area contributed by atoms with Crippen molar-refractivity contribution >= 4 is 5.97 Å². The van der Waals surface area contributed by atoms with Crippen LogP contribution in [0, 0.1) is 11.3 Å². The first-order valence-electron chi connectivity index (χ1n) is 6.89. The molecule has 6 nitrogen and oxygen atoms in total. The molecule has 0 aliphatic heterocycles. The van der Waals surface area contributed by atoms with Crippen LogP contribution in [-0.4, -0.2) is 28.7 Å². The van der Waals surface area contributed by atoms with Gasteiger partial charge in [0.05, 0.1) is 25.1 Å². The van der Waals surface area contributed by atoms with Gasteiger partial charge in [-0.15, -0.1) is 0 Å². The average Bonchev–Trinajstić information content (AvgIpc) is 2.96. The summed E-state index contributed by atoms with van der Waals surface area (Å²) < 4.78 is 6.73. The van der Waals surface area contributed by atoms with Crippen molar-refractivity contribution in [3.63, 3.8) is 0 Å². The molecule has 1 atom stereocenters. The molecule has 0 radical (unpaired) electrons. The van der Waals surface area contributed by atoms with Crippen molar-refractivity contribution in [2.75, 3.05) is 7.11 Å². The summed E-state index contributed by atoms with van der Waals surface area (Å²) in [7, 11) is 3.26. The largest absolute Gasteiger partial charge is 0.468 e. The van der Waals surface area contributed by atoms with E-state index in [1.54, 1.807) is 24.7 Å². The number of benzene rings is 1. The molecule has 0 spiro atoms. The third-order valence-electron chi connectivity index (χ3n) is 3.45. The van der Waals surface area contributed by atoms with Crippen LogP contribution in [0.2, 0.25) is 0 Å². The number of aromatic nitrogens is 2. The highest BCUT2D eigenvalue weighted by Gasteiger charge is 2.20. The Morgan fingerprint density at radius 3 is 2.73 bits per heavy atom. The van der Waals surface area contributed by atoms with Gasteiger partial charge in [0.15, 0.2) is 0 Å². The van der Waals surface area contributed by atoms with Gasteiger partial charge >= 0.3 is 5.97 Å². The van der Waals surface area contributed by atoms with E-state index in [2.05, 4.69) is 16.4 Å². The normalized spacial score (nSPS) is 11.7. The lowest BCUT2D eigenvalue weighted by atomic mass is 10.1. The average molecular weight is 298 g/mol. The van der Waals surface area contributed by atoms with Crippen LogP contribution in [0.1, 0.15) is 16.8 Å². The number of carbonyl (C=O) groups excluding carboxylic acids is 1. The zero-order valence-electron chi connectivity index (χ0n) is 12.6. The van der Waals surface area contributed by atoms with E-state index in [0.717, 1.165) is 11.3 Å². The molecule has 0 saturated heterocycles. The molecule has 1 N–H and O–H groups in total. The van der Waals surface area contributed by atoms with Crippen LogP contribution in [0.4, 0.5) is 0 Å². The molecule has 6 heteroatoms. The second-order valence-corrected chi connectivity index (χ2v) is 4.97. The van der Waals surface area contributed by atoms with Crippen molar-refractivity contribution in [1.82, 2.24) is 14.9 Å². The third kappa shape index (κ3) is 3.93. The van der Waals surface area contributed by atoms with E-state index in [1.807, 2.05) is 23.7 Å². The maximum atomic E-state index is 11.9. The maximum Gasteiger partial charge on any atom is 0.323 e. The summed E-state index contributed by atoms with van der Waals surface area (Å²) in [5, 5.41) is 12.0. The molecule has 0 aliphatic rings. The van der Waals surface area contributed by atoms with Crippen molar-refractivity contribution in [2.24, 2.45) is 7.05 Å². The molecule has 2 aromatic rings. The Morgan fingerprint density at radius 2 is 2.18 bits per heavy atom. The fourth-order valence-electron chi connectivity index (χ4n) is 2.11. The molecule has 0 bridgehead atoms. The molecule has 0 unspecified atom stereocenters. The number of carbonyl (C=O) groups is 1. The molecule has 1 aromatic heterocycles. The van der Waals surface area contributed by atoms with E-state index in [0.29, 0.717) is 18.5 Å². The molecule has 0 fully saturated rings. The number of nitrogens with zero attached hydrogens (tertiary/aromatic N) is 3. The predicted molar refractivity (Wildman–Crippen MR) is 80.7 cm³/mol. The van der Waals surface area contributed by atoms with Crippen molar-refractivity contribution in [1.29, 1.82) is 5.26 Å². The molecule has 0 saturated carbocycles. The summed E-state index contributed by atoms with van der Waals surface area (Å²) >= 11 is 0. The number of methoxy groups -OCH3 is 1. The summed E-state index contributed by atoms with van der Waals surface area (Å²) in [6, 6.07) is 8.87. The van der Waals surface area contributed by atoms with Gasteiger partial charge in [-0.2, -0.15) is 5.26 Å². The zero-order valence-corrected chi connectivity index (χ0v) is 12.6. The number of rotatable bonds is 6. The van der Waals surface area contributed by atoms with Gasteiger partial charge < -0.3 is 9.30 Å². The fourth-order valence-corrected chi connectivity index (χ4v) is 2.11. The summed E-state index contributed by atoms with van der Waals surface area (Å²) in [6.07, 6.45) is 3.93. The van der Waals surface area contributed by atoms with Gasteiger partial charge in [0.25, 0.3) is 0 Å². The molecule has 2 rings (SSSR count). The number of hydrogen-bond donors (Lipinski definition) is 1. The first-order valence-corrected chi connectivity index (χ1v) is 6.89. The Balaban J connectivity index is 2.02. The van der Waals surface area contributed by atoms with Crippen LogP contribution in [0.3, 0.4) is 0 Å². The third-order valence-corrected chi connectivity index (χ3v) is 3.45. The second kappa shape index (κ2) is 7.38. The second-order valence-electron chi connectivity index (χ2n) is 4.97. The minimum Gasteiger partial charge on any atom is -0.468 e. The van der Waals surface area contributed by atoms with E-state index in [4.69, 9.17) is 10.00 Å². The molecular formula is C16H18N4O2. The number of imidazole rings is 1. The maximum absolute atomic E-state index is 11.9. The van der Waals surface area contributed by atoms with Crippen molar-refractivity contribution in [3.8, 4) is 6.07 Å². The van der Waals surface area contributed by atoms with Crippen LogP contribution in [0.25, 0.3) is 0 Å². The molecule has 1 heterocycles. The number of aryl methyl sites for hydroxylation is 1. The highest BCUT2D eigenvalue weighted by Crippen LogP contribution is 2.07. The number of ether oxygens (including phenoxy) is 1. The lowest BCUT2D eigenvalue weighted by molar-refractivity contribution is -0.143. The Morgan fingerprint density at radius 1 is 1.45 bits per heavy atom. The molecule has 0 amide bonds. The quantitative estimate of drug-likeness (QED) is 0.810. The van der Waals surface area contributed by atoms with Crippen molar-refractivity contribution in [3.05, 3.63) is 53.6 Å². The van der Waals surface area contributed by atoms with Gasteiger partial charge in [-0.3, -0.25) is 10.1 Å². The number of hydrogen-bond acceptors (Lipinski definition) is 5. The van der Waals surface area contributed by atoms with Crippen molar-refractivity contribution < 1.29 is 9.53 Å². The zero-order chi connectivity index (χ0) is 15.9. The molecule has 0 aliphatic carbocycles. The van der Waals surface area contributed by atoms with Crippen LogP contribution < -0.4 is 5.32 Å². The first kappa shape index (κ1) is 15.7. The topological polar surface area (TPSA) is 79.9 Å². The van der Waals surface area contributed by atoms with Gasteiger partial charge in [-0.25, -0.2) is 4.98 Å². The van der Waals surface area contributed by atoms with Gasteiger partial charge in [0.2, 0.25) is 0 Å². The highest BCUT2D eigenvalue weighted by atomic mass is 16.5. The molecule has 114 valence electrons. The van der Waals surface area contributed by atoms with Crippen LogP contribution in [0.15, 0.2) is 36.8 Å². The van der Waals surface area contributed by atoms with Gasteiger partial charge in [-0.05, 0) is 17.7 Å². The van der Waals surface area contributed by atoms with Crippen molar-refractivity contribution in [2.45, 2.75) is 19.0 Å². The minimum absolute atomic E-state index is 0.310. The van der Waals surface area contributed by atoms with Gasteiger partial charge in [0, 0.05) is 31.9 Å². The van der Waals surface area contributed by atoms with Crippen LogP contribution >= 0.6 is 0 Å².